The molecule has 0 aromatic heterocycles. The topological polar surface area (TPSA) is 42.0 Å². The molecular formula is C22H26N2O3. The maximum Gasteiger partial charge on any atom is 0.246 e. The quantitative estimate of drug-likeness (QED) is 0.761. The van der Waals surface area contributed by atoms with E-state index in [-0.39, 0.29) is 5.91 Å². The third-order valence-electron chi connectivity index (χ3n) is 4.75. The van der Waals surface area contributed by atoms with Crippen molar-refractivity contribution in [1.82, 2.24) is 4.90 Å². The lowest BCUT2D eigenvalue weighted by Crippen LogP contribution is -2.48. The highest BCUT2D eigenvalue weighted by Gasteiger charge is 2.19. The summed E-state index contributed by atoms with van der Waals surface area (Å²) in [5, 5.41) is 0. The highest BCUT2D eigenvalue weighted by Crippen LogP contribution is 2.23. The number of aryl methyl sites for hydroxylation is 1. The molecule has 0 unspecified atom stereocenters. The number of amides is 1. The summed E-state index contributed by atoms with van der Waals surface area (Å²) in [6.07, 6.45) is 3.43. The number of carbonyl (C=O) groups excluding carboxylic acids is 1. The van der Waals surface area contributed by atoms with Crippen LogP contribution in [0.4, 0.5) is 5.69 Å². The minimum absolute atomic E-state index is 0.0284. The van der Waals surface area contributed by atoms with Crippen LogP contribution in [0.1, 0.15) is 11.1 Å². The average Bonchev–Trinajstić information content (AvgIpc) is 2.71. The Morgan fingerprint density at radius 3 is 2.22 bits per heavy atom. The van der Waals surface area contributed by atoms with Gasteiger partial charge < -0.3 is 19.3 Å². The minimum atomic E-state index is 0.0284. The SMILES string of the molecule is COc1cc(/C=C/C(=O)N2CCN(c3cccc(C)c3)CC2)cc(OC)c1. The number of rotatable bonds is 5. The number of carbonyl (C=O) groups is 1. The lowest BCUT2D eigenvalue weighted by Gasteiger charge is -2.35. The maximum atomic E-state index is 12.5. The molecule has 1 aliphatic heterocycles. The fourth-order valence-electron chi connectivity index (χ4n) is 3.21. The Hall–Kier alpha value is -2.95. The van der Waals surface area contributed by atoms with Crippen LogP contribution in [-0.2, 0) is 4.79 Å². The molecule has 0 aliphatic carbocycles. The lowest BCUT2D eigenvalue weighted by molar-refractivity contribution is -0.126. The number of nitrogens with zero attached hydrogens (tertiary/aromatic N) is 2. The molecule has 0 saturated carbocycles. The van der Waals surface area contributed by atoms with Gasteiger partial charge in [-0.15, -0.1) is 0 Å². The van der Waals surface area contributed by atoms with Crippen LogP contribution in [-0.4, -0.2) is 51.2 Å². The Bertz CT molecular complexity index is 802. The summed E-state index contributed by atoms with van der Waals surface area (Å²) in [6.45, 7) is 5.23. The summed E-state index contributed by atoms with van der Waals surface area (Å²) in [4.78, 5) is 16.8. The number of ether oxygens (including phenoxy) is 2. The van der Waals surface area contributed by atoms with Gasteiger partial charge in [-0.3, -0.25) is 4.79 Å². The number of methoxy groups -OCH3 is 2. The number of hydrogen-bond donors (Lipinski definition) is 0. The zero-order valence-corrected chi connectivity index (χ0v) is 16.1. The second-order valence-corrected chi connectivity index (χ2v) is 6.63. The van der Waals surface area contributed by atoms with Crippen LogP contribution in [0, 0.1) is 6.92 Å². The molecule has 0 radical (unpaired) electrons. The fraction of sp³-hybridized carbons (Fsp3) is 0.318. The molecule has 5 nitrogen and oxygen atoms in total. The molecule has 5 heteroatoms. The first kappa shape index (κ1) is 18.8. The van der Waals surface area contributed by atoms with Crippen LogP contribution in [0.25, 0.3) is 6.08 Å². The van der Waals surface area contributed by atoms with Gasteiger partial charge in [0.15, 0.2) is 0 Å². The molecule has 0 N–H and O–H groups in total. The number of piperazine rings is 1. The van der Waals surface area contributed by atoms with Crippen molar-refractivity contribution in [2.75, 3.05) is 45.3 Å². The van der Waals surface area contributed by atoms with E-state index < -0.39 is 0 Å². The molecule has 142 valence electrons. The first-order chi connectivity index (χ1) is 13.1. The summed E-state index contributed by atoms with van der Waals surface area (Å²) in [7, 11) is 3.22. The molecule has 1 aliphatic rings. The van der Waals surface area contributed by atoms with Crippen molar-refractivity contribution in [1.29, 1.82) is 0 Å². The van der Waals surface area contributed by atoms with Crippen molar-refractivity contribution < 1.29 is 14.3 Å². The third-order valence-corrected chi connectivity index (χ3v) is 4.75. The normalized spacial score (nSPS) is 14.5. The smallest absolute Gasteiger partial charge is 0.246 e. The Kier molecular flexibility index (Phi) is 6.01. The van der Waals surface area contributed by atoms with Crippen LogP contribution in [0.3, 0.4) is 0 Å². The zero-order chi connectivity index (χ0) is 19.2. The van der Waals surface area contributed by atoms with E-state index in [0.29, 0.717) is 11.5 Å². The van der Waals surface area contributed by atoms with E-state index in [1.54, 1.807) is 26.4 Å². The van der Waals surface area contributed by atoms with Gasteiger partial charge in [0, 0.05) is 44.0 Å². The van der Waals surface area contributed by atoms with E-state index in [9.17, 15) is 4.79 Å². The van der Waals surface area contributed by atoms with E-state index in [4.69, 9.17) is 9.47 Å². The van der Waals surface area contributed by atoms with Crippen molar-refractivity contribution in [2.24, 2.45) is 0 Å². The second kappa shape index (κ2) is 8.62. The largest absolute Gasteiger partial charge is 0.497 e. The molecule has 2 aromatic carbocycles. The standard InChI is InChI=1S/C22H26N2O3/c1-17-5-4-6-19(13-17)23-9-11-24(12-10-23)22(25)8-7-18-14-20(26-2)16-21(15-18)27-3/h4-8,13-16H,9-12H2,1-3H3/b8-7+. The van der Waals surface area contributed by atoms with Crippen LogP contribution in [0.2, 0.25) is 0 Å². The summed E-state index contributed by atoms with van der Waals surface area (Å²) in [6, 6.07) is 14.1. The zero-order valence-electron chi connectivity index (χ0n) is 16.1. The molecule has 3 rings (SSSR count). The average molecular weight is 366 g/mol. The first-order valence-electron chi connectivity index (χ1n) is 9.11. The Labute approximate surface area is 160 Å². The van der Waals surface area contributed by atoms with Crippen molar-refractivity contribution in [3.05, 3.63) is 59.7 Å². The monoisotopic (exact) mass is 366 g/mol. The van der Waals surface area contributed by atoms with E-state index in [1.165, 1.54) is 11.3 Å². The molecule has 0 bridgehead atoms. The number of hydrogen-bond acceptors (Lipinski definition) is 4. The van der Waals surface area contributed by atoms with Crippen LogP contribution >= 0.6 is 0 Å². The Morgan fingerprint density at radius 2 is 1.63 bits per heavy atom. The number of anilines is 1. The van der Waals surface area contributed by atoms with Gasteiger partial charge in [0.25, 0.3) is 0 Å². The van der Waals surface area contributed by atoms with Crippen molar-refractivity contribution >= 4 is 17.7 Å². The summed E-state index contributed by atoms with van der Waals surface area (Å²) in [5.41, 5.74) is 3.35. The van der Waals surface area contributed by atoms with E-state index >= 15 is 0 Å². The molecule has 1 fully saturated rings. The third kappa shape index (κ3) is 4.82. The Balaban J connectivity index is 1.60. The molecule has 0 spiro atoms. The Morgan fingerprint density at radius 1 is 0.963 bits per heavy atom. The number of benzene rings is 2. The van der Waals surface area contributed by atoms with Crippen molar-refractivity contribution in [2.45, 2.75) is 6.92 Å². The molecule has 1 amide bonds. The molecule has 0 atom stereocenters. The lowest BCUT2D eigenvalue weighted by atomic mass is 10.1. The van der Waals surface area contributed by atoms with Gasteiger partial charge >= 0.3 is 0 Å². The summed E-state index contributed by atoms with van der Waals surface area (Å²) < 4.78 is 10.5. The van der Waals surface area contributed by atoms with Gasteiger partial charge in [-0.2, -0.15) is 0 Å². The molecular weight excluding hydrogens is 340 g/mol. The summed E-state index contributed by atoms with van der Waals surface area (Å²) >= 11 is 0. The van der Waals surface area contributed by atoms with E-state index in [1.807, 2.05) is 23.1 Å². The second-order valence-electron chi connectivity index (χ2n) is 6.63. The highest BCUT2D eigenvalue weighted by molar-refractivity contribution is 5.92. The molecule has 27 heavy (non-hydrogen) atoms. The van der Waals surface area contributed by atoms with Gasteiger partial charge in [0.2, 0.25) is 5.91 Å². The van der Waals surface area contributed by atoms with Gasteiger partial charge in [-0.25, -0.2) is 0 Å². The van der Waals surface area contributed by atoms with Crippen LogP contribution < -0.4 is 14.4 Å². The summed E-state index contributed by atoms with van der Waals surface area (Å²) in [5.74, 6) is 1.43. The highest BCUT2D eigenvalue weighted by atomic mass is 16.5. The predicted molar refractivity (Wildman–Crippen MR) is 109 cm³/mol. The van der Waals surface area contributed by atoms with Crippen molar-refractivity contribution in [3.8, 4) is 11.5 Å². The van der Waals surface area contributed by atoms with Gasteiger partial charge in [0.05, 0.1) is 14.2 Å². The molecule has 1 saturated heterocycles. The van der Waals surface area contributed by atoms with Crippen LogP contribution in [0.15, 0.2) is 48.5 Å². The minimum Gasteiger partial charge on any atom is -0.497 e. The predicted octanol–water partition coefficient (Wildman–Crippen LogP) is 3.37. The maximum absolute atomic E-state index is 12.5. The fourth-order valence-corrected chi connectivity index (χ4v) is 3.21. The van der Waals surface area contributed by atoms with E-state index in [0.717, 1.165) is 31.7 Å². The van der Waals surface area contributed by atoms with Gasteiger partial charge in [0.1, 0.15) is 11.5 Å². The van der Waals surface area contributed by atoms with Crippen LogP contribution in [0.5, 0.6) is 11.5 Å². The first-order valence-corrected chi connectivity index (χ1v) is 9.11. The van der Waals surface area contributed by atoms with E-state index in [2.05, 4.69) is 36.1 Å². The van der Waals surface area contributed by atoms with Gasteiger partial charge in [-0.05, 0) is 48.4 Å². The molecule has 2 aromatic rings. The van der Waals surface area contributed by atoms with Gasteiger partial charge in [-0.1, -0.05) is 12.1 Å². The van der Waals surface area contributed by atoms with Crippen molar-refractivity contribution in [3.63, 3.8) is 0 Å². The molecule has 1 heterocycles.